The molecule has 0 fully saturated rings. The molecule has 4 nitrogen and oxygen atoms in total. The second-order valence-corrected chi connectivity index (χ2v) is 8.49. The maximum atomic E-state index is 13.2. The van der Waals surface area contributed by atoms with Crippen molar-refractivity contribution in [3.05, 3.63) is 105 Å². The summed E-state index contributed by atoms with van der Waals surface area (Å²) in [5.41, 5.74) is 4.63. The lowest BCUT2D eigenvalue weighted by atomic mass is 10.1. The van der Waals surface area contributed by atoms with Gasteiger partial charge in [0.15, 0.2) is 10.9 Å². The van der Waals surface area contributed by atoms with Crippen LogP contribution in [0.1, 0.15) is 34.0 Å². The molecule has 1 aromatic heterocycles. The highest BCUT2D eigenvalue weighted by molar-refractivity contribution is 7.99. The Hall–Kier alpha value is -3.18. The van der Waals surface area contributed by atoms with E-state index in [1.807, 2.05) is 73.7 Å². The Kier molecular flexibility index (Phi) is 6.33. The van der Waals surface area contributed by atoms with Crippen LogP contribution in [0.5, 0.6) is 0 Å². The molecule has 0 N–H and O–H groups in total. The van der Waals surface area contributed by atoms with Crippen molar-refractivity contribution < 1.29 is 4.79 Å². The number of aryl methyl sites for hydroxylation is 2. The van der Waals surface area contributed by atoms with Crippen molar-refractivity contribution in [3.63, 3.8) is 0 Å². The van der Waals surface area contributed by atoms with E-state index in [2.05, 4.69) is 6.92 Å². The van der Waals surface area contributed by atoms with Crippen LogP contribution in [0.3, 0.4) is 0 Å². The molecule has 0 unspecified atom stereocenters. The molecule has 1 heterocycles. The fourth-order valence-corrected chi connectivity index (χ4v) is 4.31. The third-order valence-corrected chi connectivity index (χ3v) is 6.28. The smallest absolute Gasteiger partial charge is 0.262 e. The molecule has 0 aliphatic heterocycles. The number of ketones is 1. The largest absolute Gasteiger partial charge is 0.293 e. The maximum absolute atomic E-state index is 13.2. The standard InChI is InChI=1S/C26H24N2O2S/c1-3-19-12-14-21(15-13-19)24(29)17-31-26-27-23-7-5-4-6-22(23)25(30)28(26)16-20-10-8-18(2)9-11-20/h4-15H,3,16-17H2,1-2H3. The number of Topliss-reactive ketones (excluding diaryl/α,β-unsaturated/α-hetero) is 1. The fraction of sp³-hybridized carbons (Fsp3) is 0.192. The molecule has 0 spiro atoms. The molecule has 156 valence electrons. The molecule has 0 saturated carbocycles. The summed E-state index contributed by atoms with van der Waals surface area (Å²) in [6.07, 6.45) is 0.940. The van der Waals surface area contributed by atoms with Crippen molar-refractivity contribution in [3.8, 4) is 0 Å². The number of nitrogens with zero attached hydrogens (tertiary/aromatic N) is 2. The lowest BCUT2D eigenvalue weighted by Gasteiger charge is -2.13. The normalized spacial score (nSPS) is 11.0. The molecule has 0 saturated heterocycles. The molecule has 0 amide bonds. The average Bonchev–Trinajstić information content (AvgIpc) is 2.81. The van der Waals surface area contributed by atoms with Gasteiger partial charge in [-0.05, 0) is 36.6 Å². The minimum absolute atomic E-state index is 0.0250. The molecule has 4 aromatic rings. The molecule has 3 aromatic carbocycles. The molecule has 0 aliphatic carbocycles. The van der Waals surface area contributed by atoms with Gasteiger partial charge in [0.1, 0.15) is 0 Å². The van der Waals surface area contributed by atoms with E-state index in [9.17, 15) is 9.59 Å². The van der Waals surface area contributed by atoms with Gasteiger partial charge in [-0.25, -0.2) is 4.98 Å². The first-order valence-electron chi connectivity index (χ1n) is 10.3. The van der Waals surface area contributed by atoms with E-state index in [0.717, 1.165) is 12.0 Å². The van der Waals surface area contributed by atoms with Crippen molar-refractivity contribution in [1.82, 2.24) is 9.55 Å². The number of fused-ring (bicyclic) bond motifs is 1. The SMILES string of the molecule is CCc1ccc(C(=O)CSc2nc3ccccc3c(=O)n2Cc2ccc(C)cc2)cc1. The van der Waals surface area contributed by atoms with Gasteiger partial charge in [0.25, 0.3) is 5.56 Å². The number of carbonyl (C=O) groups is 1. The topological polar surface area (TPSA) is 52.0 Å². The van der Waals surface area contributed by atoms with Gasteiger partial charge in [-0.2, -0.15) is 0 Å². The van der Waals surface area contributed by atoms with Crippen molar-refractivity contribution >= 4 is 28.4 Å². The highest BCUT2D eigenvalue weighted by Crippen LogP contribution is 2.21. The molecule has 31 heavy (non-hydrogen) atoms. The van der Waals surface area contributed by atoms with Crippen LogP contribution in [0.15, 0.2) is 82.7 Å². The van der Waals surface area contributed by atoms with Gasteiger partial charge in [0.2, 0.25) is 0 Å². The summed E-state index contributed by atoms with van der Waals surface area (Å²) in [5.74, 6) is 0.251. The van der Waals surface area contributed by atoms with Crippen LogP contribution in [-0.4, -0.2) is 21.1 Å². The van der Waals surface area contributed by atoms with E-state index >= 15 is 0 Å². The Morgan fingerprint density at radius 2 is 1.61 bits per heavy atom. The Labute approximate surface area is 186 Å². The van der Waals surface area contributed by atoms with E-state index in [0.29, 0.717) is 28.2 Å². The third kappa shape index (κ3) is 4.78. The molecule has 0 aliphatic rings. The van der Waals surface area contributed by atoms with Gasteiger partial charge < -0.3 is 0 Å². The summed E-state index contributed by atoms with van der Waals surface area (Å²) >= 11 is 1.31. The number of hydrogen-bond donors (Lipinski definition) is 0. The first-order chi connectivity index (χ1) is 15.0. The highest BCUT2D eigenvalue weighted by Gasteiger charge is 2.14. The van der Waals surface area contributed by atoms with Crippen molar-refractivity contribution in [2.75, 3.05) is 5.75 Å². The Bertz CT molecular complexity index is 1280. The van der Waals surface area contributed by atoms with Gasteiger partial charge >= 0.3 is 0 Å². The van der Waals surface area contributed by atoms with Gasteiger partial charge in [-0.15, -0.1) is 0 Å². The van der Waals surface area contributed by atoms with E-state index in [1.165, 1.54) is 22.9 Å². The minimum Gasteiger partial charge on any atom is -0.293 e. The summed E-state index contributed by atoms with van der Waals surface area (Å²) < 4.78 is 1.67. The molecular weight excluding hydrogens is 404 g/mol. The van der Waals surface area contributed by atoms with Crippen molar-refractivity contribution in [1.29, 1.82) is 0 Å². The van der Waals surface area contributed by atoms with Crippen LogP contribution < -0.4 is 5.56 Å². The second kappa shape index (κ2) is 9.31. The predicted molar refractivity (Wildman–Crippen MR) is 127 cm³/mol. The van der Waals surface area contributed by atoms with E-state index in [4.69, 9.17) is 4.98 Å². The van der Waals surface area contributed by atoms with Gasteiger partial charge in [0.05, 0.1) is 23.2 Å². The molecule has 4 rings (SSSR count). The van der Waals surface area contributed by atoms with Crippen molar-refractivity contribution in [2.24, 2.45) is 0 Å². The summed E-state index contributed by atoms with van der Waals surface area (Å²) in [6.45, 7) is 4.54. The fourth-order valence-electron chi connectivity index (χ4n) is 3.41. The van der Waals surface area contributed by atoms with Crippen LogP contribution in [0.25, 0.3) is 10.9 Å². The zero-order valence-electron chi connectivity index (χ0n) is 17.7. The number of carbonyl (C=O) groups excluding carboxylic acids is 1. The zero-order valence-corrected chi connectivity index (χ0v) is 18.5. The first kappa shape index (κ1) is 21.1. The van der Waals surface area contributed by atoms with E-state index in [-0.39, 0.29) is 17.1 Å². The van der Waals surface area contributed by atoms with Crippen LogP contribution in [0, 0.1) is 6.92 Å². The highest BCUT2D eigenvalue weighted by atomic mass is 32.2. The third-order valence-electron chi connectivity index (χ3n) is 5.30. The Morgan fingerprint density at radius 1 is 0.935 bits per heavy atom. The van der Waals surface area contributed by atoms with Crippen molar-refractivity contribution in [2.45, 2.75) is 32.0 Å². The molecule has 0 bridgehead atoms. The first-order valence-corrected chi connectivity index (χ1v) is 11.3. The number of rotatable bonds is 7. The molecule has 5 heteroatoms. The molecular formula is C26H24N2O2S. The van der Waals surface area contributed by atoms with Gasteiger partial charge in [-0.3, -0.25) is 14.2 Å². The van der Waals surface area contributed by atoms with E-state index < -0.39 is 0 Å². The predicted octanol–water partition coefficient (Wildman–Crippen LogP) is 5.29. The number of benzene rings is 3. The summed E-state index contributed by atoms with van der Waals surface area (Å²) in [6, 6.07) is 23.2. The Balaban J connectivity index is 1.65. The summed E-state index contributed by atoms with van der Waals surface area (Å²) in [7, 11) is 0. The van der Waals surface area contributed by atoms with E-state index in [1.54, 1.807) is 10.6 Å². The minimum atomic E-state index is -0.0894. The second-order valence-electron chi connectivity index (χ2n) is 7.55. The summed E-state index contributed by atoms with van der Waals surface area (Å²) in [5, 5.41) is 1.14. The molecule has 0 radical (unpaired) electrons. The van der Waals surface area contributed by atoms with Crippen LogP contribution >= 0.6 is 11.8 Å². The van der Waals surface area contributed by atoms with Gasteiger partial charge in [-0.1, -0.05) is 84.9 Å². The Morgan fingerprint density at radius 3 is 2.32 bits per heavy atom. The number of aromatic nitrogens is 2. The quantitative estimate of drug-likeness (QED) is 0.228. The molecule has 0 atom stereocenters. The number of thioether (sulfide) groups is 1. The lowest BCUT2D eigenvalue weighted by Crippen LogP contribution is -2.24. The van der Waals surface area contributed by atoms with Gasteiger partial charge in [0, 0.05) is 5.56 Å². The lowest BCUT2D eigenvalue weighted by molar-refractivity contribution is 0.102. The maximum Gasteiger partial charge on any atom is 0.262 e. The average molecular weight is 429 g/mol. The summed E-state index contributed by atoms with van der Waals surface area (Å²) in [4.78, 5) is 30.7. The number of hydrogen-bond acceptors (Lipinski definition) is 4. The van der Waals surface area contributed by atoms with Crippen LogP contribution in [0.2, 0.25) is 0 Å². The zero-order chi connectivity index (χ0) is 21.8. The monoisotopic (exact) mass is 428 g/mol. The van der Waals surface area contributed by atoms with Crippen LogP contribution in [0.4, 0.5) is 0 Å². The van der Waals surface area contributed by atoms with Crippen LogP contribution in [-0.2, 0) is 13.0 Å². The number of para-hydroxylation sites is 1.